The van der Waals surface area contributed by atoms with Crippen molar-refractivity contribution in [2.24, 2.45) is 0 Å². The van der Waals surface area contributed by atoms with Gasteiger partial charge in [0, 0.05) is 12.7 Å². The molecule has 34 heavy (non-hydrogen) atoms. The minimum atomic E-state index is -4.45. The average Bonchev–Trinajstić information content (AvgIpc) is 3.16. The Balaban J connectivity index is 1.65. The molecule has 0 spiro atoms. The van der Waals surface area contributed by atoms with Crippen molar-refractivity contribution in [2.45, 2.75) is 31.7 Å². The Morgan fingerprint density at radius 1 is 1.06 bits per heavy atom. The van der Waals surface area contributed by atoms with Crippen LogP contribution in [0, 0.1) is 13.8 Å². The summed E-state index contributed by atoms with van der Waals surface area (Å²) in [5, 5.41) is 2.89. The van der Waals surface area contributed by atoms with E-state index in [1.54, 1.807) is 30.3 Å². The van der Waals surface area contributed by atoms with Gasteiger partial charge in [0.15, 0.2) is 5.16 Å². The fourth-order valence-corrected chi connectivity index (χ4v) is 4.29. The quantitative estimate of drug-likeness (QED) is 0.456. The molecule has 3 aromatic rings. The fraction of sp³-hybridized carbons (Fsp3) is 0.292. The number of hydrogen-bond donors (Lipinski definition) is 1. The monoisotopic (exact) mass is 490 g/mol. The molecule has 0 aliphatic heterocycles. The largest absolute Gasteiger partial charge is 0.406 e. The molecule has 3 rings (SSSR count). The van der Waals surface area contributed by atoms with Gasteiger partial charge < -0.3 is 14.8 Å². The van der Waals surface area contributed by atoms with Gasteiger partial charge in [-0.05, 0) is 30.5 Å². The van der Waals surface area contributed by atoms with Crippen LogP contribution in [-0.4, -0.2) is 51.8 Å². The summed E-state index contributed by atoms with van der Waals surface area (Å²) in [6.45, 7) is 2.35. The highest BCUT2D eigenvalue weighted by molar-refractivity contribution is 7.99. The molecule has 0 atom stereocenters. The molecule has 0 saturated carbocycles. The maximum Gasteiger partial charge on any atom is 0.406 e. The smallest absolute Gasteiger partial charge is 0.336 e. The summed E-state index contributed by atoms with van der Waals surface area (Å²) in [6.07, 6.45) is -3.08. The van der Waals surface area contributed by atoms with Crippen LogP contribution in [0.4, 0.5) is 18.9 Å². The lowest BCUT2D eigenvalue weighted by molar-refractivity contribution is -0.141. The third-order valence-electron chi connectivity index (χ3n) is 5.10. The van der Waals surface area contributed by atoms with Gasteiger partial charge in [-0.15, -0.1) is 0 Å². The third kappa shape index (κ3) is 6.63. The minimum Gasteiger partial charge on any atom is -0.336 e. The Labute approximate surface area is 200 Å². The van der Waals surface area contributed by atoms with Crippen LogP contribution in [0.5, 0.6) is 0 Å². The van der Waals surface area contributed by atoms with E-state index in [1.807, 2.05) is 32.0 Å². The molecule has 1 N–H and O–H groups in total. The lowest BCUT2D eigenvalue weighted by Gasteiger charge is -2.18. The maximum atomic E-state index is 13.2. The molecule has 0 fully saturated rings. The Hall–Kier alpha value is -3.27. The van der Waals surface area contributed by atoms with Crippen LogP contribution >= 0.6 is 11.8 Å². The number of rotatable bonds is 8. The van der Waals surface area contributed by atoms with Crippen LogP contribution in [0.15, 0.2) is 59.9 Å². The first-order chi connectivity index (χ1) is 16.0. The van der Waals surface area contributed by atoms with E-state index < -0.39 is 18.6 Å². The third-order valence-corrected chi connectivity index (χ3v) is 6.08. The highest BCUT2D eigenvalue weighted by Gasteiger charge is 2.31. The standard InChI is InChI=1S/C24H25F3N4O2S/c1-16-8-7-9-17(2)22(16)29-20(32)13-30(3)21(33)14-34-23-28-12-19(18-10-5-4-6-11-18)31(23)15-24(25,26)27/h4-12H,13-15H2,1-3H3,(H,29,32). The van der Waals surface area contributed by atoms with E-state index >= 15 is 0 Å². The first kappa shape index (κ1) is 25.4. The van der Waals surface area contributed by atoms with Crippen LogP contribution in [0.25, 0.3) is 11.3 Å². The van der Waals surface area contributed by atoms with Gasteiger partial charge in [0.25, 0.3) is 0 Å². The van der Waals surface area contributed by atoms with Crippen molar-refractivity contribution in [2.75, 3.05) is 24.7 Å². The molecule has 0 radical (unpaired) electrons. The predicted octanol–water partition coefficient (Wildman–Crippen LogP) is 4.92. The van der Waals surface area contributed by atoms with Gasteiger partial charge in [-0.2, -0.15) is 13.2 Å². The normalized spacial score (nSPS) is 11.4. The Kier molecular flexibility index (Phi) is 8.03. The number of hydrogen-bond acceptors (Lipinski definition) is 4. The van der Waals surface area contributed by atoms with E-state index in [4.69, 9.17) is 0 Å². The predicted molar refractivity (Wildman–Crippen MR) is 127 cm³/mol. The van der Waals surface area contributed by atoms with Gasteiger partial charge in [-0.1, -0.05) is 60.3 Å². The summed E-state index contributed by atoms with van der Waals surface area (Å²) >= 11 is 0.905. The van der Waals surface area contributed by atoms with Gasteiger partial charge in [-0.3, -0.25) is 9.59 Å². The van der Waals surface area contributed by atoms with Crippen LogP contribution in [0.3, 0.4) is 0 Å². The van der Waals surface area contributed by atoms with E-state index in [2.05, 4.69) is 10.3 Å². The number of aromatic nitrogens is 2. The highest BCUT2D eigenvalue weighted by Crippen LogP contribution is 2.30. The van der Waals surface area contributed by atoms with E-state index in [0.29, 0.717) is 16.9 Å². The van der Waals surface area contributed by atoms with E-state index in [0.717, 1.165) is 27.5 Å². The van der Waals surface area contributed by atoms with Gasteiger partial charge in [0.1, 0.15) is 6.54 Å². The number of carbonyl (C=O) groups is 2. The molecule has 2 amide bonds. The minimum absolute atomic E-state index is 0.0814. The maximum absolute atomic E-state index is 13.2. The summed E-state index contributed by atoms with van der Waals surface area (Å²) in [5.74, 6) is -0.913. The summed E-state index contributed by atoms with van der Waals surface area (Å²) in [6, 6.07) is 14.3. The van der Waals surface area contributed by atoms with Crippen molar-refractivity contribution in [1.29, 1.82) is 0 Å². The SMILES string of the molecule is Cc1cccc(C)c1NC(=O)CN(C)C(=O)CSc1ncc(-c2ccccc2)n1CC(F)(F)F. The van der Waals surface area contributed by atoms with Crippen LogP contribution in [0.2, 0.25) is 0 Å². The lowest BCUT2D eigenvalue weighted by atomic mass is 10.1. The number of nitrogens with one attached hydrogen (secondary N) is 1. The van der Waals surface area contributed by atoms with Crippen LogP contribution in [0.1, 0.15) is 11.1 Å². The van der Waals surface area contributed by atoms with E-state index in [9.17, 15) is 22.8 Å². The molecule has 0 unspecified atom stereocenters. The Morgan fingerprint density at radius 3 is 2.32 bits per heavy atom. The molecule has 6 nitrogen and oxygen atoms in total. The first-order valence-electron chi connectivity index (χ1n) is 10.5. The van der Waals surface area contributed by atoms with Crippen LogP contribution < -0.4 is 5.32 Å². The number of benzene rings is 2. The fourth-order valence-electron chi connectivity index (χ4n) is 3.38. The summed E-state index contributed by atoms with van der Waals surface area (Å²) in [4.78, 5) is 30.4. The molecule has 10 heteroatoms. The van der Waals surface area contributed by atoms with E-state index in [1.165, 1.54) is 18.1 Å². The number of halogens is 3. The molecule has 0 aliphatic rings. The molecule has 0 bridgehead atoms. The van der Waals surface area contributed by atoms with E-state index in [-0.39, 0.29) is 23.4 Å². The molecule has 1 heterocycles. The van der Waals surface area contributed by atoms with Gasteiger partial charge >= 0.3 is 6.18 Å². The zero-order valence-corrected chi connectivity index (χ0v) is 19.8. The second-order valence-electron chi connectivity index (χ2n) is 7.85. The van der Waals surface area contributed by atoms with Crippen molar-refractivity contribution < 1.29 is 22.8 Å². The topological polar surface area (TPSA) is 67.2 Å². The molecule has 2 aromatic carbocycles. The lowest BCUT2D eigenvalue weighted by Crippen LogP contribution is -2.36. The second kappa shape index (κ2) is 10.8. The van der Waals surface area contributed by atoms with Crippen molar-refractivity contribution in [3.05, 3.63) is 65.9 Å². The number of carbonyl (C=O) groups excluding carboxylic acids is 2. The molecule has 180 valence electrons. The first-order valence-corrected chi connectivity index (χ1v) is 11.4. The molecule has 0 saturated heterocycles. The number of nitrogens with zero attached hydrogens (tertiary/aromatic N) is 3. The number of para-hydroxylation sites is 1. The number of aryl methyl sites for hydroxylation is 2. The Bertz CT molecular complexity index is 1140. The number of likely N-dealkylation sites (N-methyl/N-ethyl adjacent to an activating group) is 1. The summed E-state index contributed by atoms with van der Waals surface area (Å²) in [7, 11) is 1.48. The van der Waals surface area contributed by atoms with Crippen LogP contribution in [-0.2, 0) is 16.1 Å². The highest BCUT2D eigenvalue weighted by atomic mass is 32.2. The number of thioether (sulfide) groups is 1. The Morgan fingerprint density at radius 2 is 1.71 bits per heavy atom. The zero-order chi connectivity index (χ0) is 24.9. The van der Waals surface area contributed by atoms with Crippen molar-refractivity contribution in [1.82, 2.24) is 14.5 Å². The number of anilines is 1. The number of amides is 2. The van der Waals surface area contributed by atoms with Crippen molar-refractivity contribution >= 4 is 29.3 Å². The van der Waals surface area contributed by atoms with Crippen molar-refractivity contribution in [3.63, 3.8) is 0 Å². The molecular formula is C24H25F3N4O2S. The van der Waals surface area contributed by atoms with Gasteiger partial charge in [0.2, 0.25) is 11.8 Å². The summed E-state index contributed by atoms with van der Waals surface area (Å²) in [5.41, 5.74) is 3.42. The van der Waals surface area contributed by atoms with Gasteiger partial charge in [0.05, 0.1) is 24.2 Å². The molecule has 0 aliphatic carbocycles. The zero-order valence-electron chi connectivity index (χ0n) is 19.0. The number of imidazole rings is 1. The van der Waals surface area contributed by atoms with Crippen molar-refractivity contribution in [3.8, 4) is 11.3 Å². The second-order valence-corrected chi connectivity index (χ2v) is 8.79. The van der Waals surface area contributed by atoms with Gasteiger partial charge in [-0.25, -0.2) is 4.98 Å². The summed E-state index contributed by atoms with van der Waals surface area (Å²) < 4.78 is 40.7. The molecule has 1 aromatic heterocycles. The average molecular weight is 491 g/mol. The number of alkyl halides is 3. The molecular weight excluding hydrogens is 465 g/mol.